The molecule has 0 aliphatic carbocycles. The van der Waals surface area contributed by atoms with E-state index in [2.05, 4.69) is 29.0 Å². The third-order valence-electron chi connectivity index (χ3n) is 4.66. The molecule has 0 atom stereocenters. The first kappa shape index (κ1) is 17.0. The largest absolute Gasteiger partial charge is 0.375 e. The van der Waals surface area contributed by atoms with E-state index in [0.717, 1.165) is 42.9 Å². The summed E-state index contributed by atoms with van der Waals surface area (Å²) in [4.78, 5) is 11.7. The highest BCUT2D eigenvalue weighted by Gasteiger charge is 2.39. The third kappa shape index (κ3) is 3.88. The van der Waals surface area contributed by atoms with Crippen molar-refractivity contribution in [2.45, 2.75) is 18.4 Å². The van der Waals surface area contributed by atoms with E-state index in [-0.39, 0.29) is 5.60 Å². The fourth-order valence-corrected chi connectivity index (χ4v) is 3.44. The van der Waals surface area contributed by atoms with Crippen molar-refractivity contribution in [2.75, 3.05) is 18.4 Å². The van der Waals surface area contributed by atoms with E-state index in [9.17, 15) is 0 Å². The summed E-state index contributed by atoms with van der Waals surface area (Å²) in [6.07, 6.45) is 3.87. The monoisotopic (exact) mass is 367 g/mol. The number of piperidine rings is 1. The summed E-state index contributed by atoms with van der Waals surface area (Å²) >= 11 is 5.30. The number of hydrogen-bond donors (Lipinski definition) is 2. The smallest absolute Gasteiger partial charge is 0.283 e. The van der Waals surface area contributed by atoms with Crippen molar-refractivity contribution in [1.82, 2.24) is 10.5 Å². The predicted molar refractivity (Wildman–Crippen MR) is 106 cm³/mol. The highest BCUT2D eigenvalue weighted by molar-refractivity contribution is 7.80. The van der Waals surface area contributed by atoms with Gasteiger partial charge in [-0.15, -0.1) is 5.06 Å². The van der Waals surface area contributed by atoms with Gasteiger partial charge >= 0.3 is 0 Å². The maximum atomic E-state index is 5.92. The van der Waals surface area contributed by atoms with Gasteiger partial charge < -0.3 is 10.2 Å². The summed E-state index contributed by atoms with van der Waals surface area (Å²) in [7, 11) is 0. The Balaban J connectivity index is 1.32. The first-order chi connectivity index (χ1) is 12.7. The molecule has 1 spiro atoms. The van der Waals surface area contributed by atoms with Crippen molar-refractivity contribution in [3.8, 4) is 0 Å². The van der Waals surface area contributed by atoms with Gasteiger partial charge in [0.1, 0.15) is 5.60 Å². The summed E-state index contributed by atoms with van der Waals surface area (Å²) in [6, 6.07) is 20.0. The highest BCUT2D eigenvalue weighted by Crippen LogP contribution is 2.34. The van der Waals surface area contributed by atoms with Crippen LogP contribution in [0.5, 0.6) is 0 Å². The van der Waals surface area contributed by atoms with Crippen LogP contribution in [-0.4, -0.2) is 28.9 Å². The Labute approximate surface area is 158 Å². The summed E-state index contributed by atoms with van der Waals surface area (Å²) in [5.41, 5.74) is 5.89. The molecule has 2 aliphatic rings. The van der Waals surface area contributed by atoms with Gasteiger partial charge in [-0.25, -0.2) is 0 Å². The Bertz CT molecular complexity index is 787. The molecule has 4 rings (SSSR count). The van der Waals surface area contributed by atoms with Crippen LogP contribution < -0.4 is 10.8 Å². The molecule has 2 N–H and O–H groups in total. The number of thiocarbonyl (C=S) groups is 1. The zero-order valence-electron chi connectivity index (χ0n) is 14.4. The summed E-state index contributed by atoms with van der Waals surface area (Å²) in [5.74, 6) is 0. The quantitative estimate of drug-likeness (QED) is 0.806. The van der Waals surface area contributed by atoms with Crippen LogP contribution in [0.15, 0.2) is 66.7 Å². The number of hydroxylamine groups is 3. The Hall–Kier alpha value is -2.41. The van der Waals surface area contributed by atoms with Crippen LogP contribution in [0.4, 0.5) is 5.69 Å². The molecule has 5 nitrogen and oxygen atoms in total. The van der Waals surface area contributed by atoms with Gasteiger partial charge in [0.05, 0.1) is 5.70 Å². The summed E-state index contributed by atoms with van der Waals surface area (Å²) in [6.45, 7) is 1.49. The molecule has 2 aromatic rings. The van der Waals surface area contributed by atoms with E-state index < -0.39 is 0 Å². The van der Waals surface area contributed by atoms with Crippen molar-refractivity contribution in [3.63, 3.8) is 0 Å². The second kappa shape index (κ2) is 7.45. The summed E-state index contributed by atoms with van der Waals surface area (Å²) < 4.78 is 0. The second-order valence-electron chi connectivity index (χ2n) is 6.49. The lowest BCUT2D eigenvalue weighted by molar-refractivity contribution is -0.142. The lowest BCUT2D eigenvalue weighted by Crippen LogP contribution is -2.45. The standard InChI is InChI=1S/C20H21N3O2S/c26-19(21-17-9-5-2-6-10-17)24-23-13-11-20(12-14-23)15-18(22-25-20)16-7-3-1-4-8-16/h1-10,15,22H,11-14H2,(H,21,26). The van der Waals surface area contributed by atoms with Crippen LogP contribution in [0, 0.1) is 0 Å². The van der Waals surface area contributed by atoms with E-state index >= 15 is 0 Å². The van der Waals surface area contributed by atoms with Gasteiger partial charge in [-0.3, -0.25) is 10.3 Å². The van der Waals surface area contributed by atoms with E-state index in [1.165, 1.54) is 0 Å². The molecular weight excluding hydrogens is 346 g/mol. The number of rotatable bonds is 3. The second-order valence-corrected chi connectivity index (χ2v) is 6.86. The zero-order valence-corrected chi connectivity index (χ0v) is 15.2. The minimum atomic E-state index is -0.278. The fraction of sp³-hybridized carbons (Fsp3) is 0.250. The van der Waals surface area contributed by atoms with Gasteiger partial charge in [0.15, 0.2) is 0 Å². The van der Waals surface area contributed by atoms with Crippen LogP contribution in [0.3, 0.4) is 0 Å². The molecule has 2 aliphatic heterocycles. The number of nitrogens with one attached hydrogen (secondary N) is 2. The van der Waals surface area contributed by atoms with Crippen LogP contribution in [0.2, 0.25) is 0 Å². The van der Waals surface area contributed by atoms with Gasteiger partial charge in [0.2, 0.25) is 0 Å². The van der Waals surface area contributed by atoms with Crippen molar-refractivity contribution < 1.29 is 9.68 Å². The molecule has 0 bridgehead atoms. The lowest BCUT2D eigenvalue weighted by Gasteiger charge is -2.35. The minimum Gasteiger partial charge on any atom is -0.375 e. The number of nitrogens with zero attached hydrogens (tertiary/aromatic N) is 1. The SMILES string of the molecule is S=C(Nc1ccccc1)ON1CCC2(C=C(c3ccccc3)NO2)CC1. The van der Waals surface area contributed by atoms with Gasteiger partial charge in [0.25, 0.3) is 5.17 Å². The van der Waals surface area contributed by atoms with E-state index in [1.807, 2.05) is 53.6 Å². The van der Waals surface area contributed by atoms with Crippen LogP contribution in [-0.2, 0) is 9.68 Å². The summed E-state index contributed by atoms with van der Waals surface area (Å²) in [5, 5.41) is 5.34. The normalized spacial score (nSPS) is 18.8. The molecule has 6 heteroatoms. The predicted octanol–water partition coefficient (Wildman–Crippen LogP) is 3.73. The molecule has 0 unspecified atom stereocenters. The molecule has 0 aromatic heterocycles. The van der Waals surface area contributed by atoms with Gasteiger partial charge in [-0.2, -0.15) is 0 Å². The van der Waals surface area contributed by atoms with Crippen molar-refractivity contribution in [2.24, 2.45) is 0 Å². The van der Waals surface area contributed by atoms with Crippen molar-refractivity contribution in [3.05, 3.63) is 72.3 Å². The Morgan fingerprint density at radius 1 is 1.04 bits per heavy atom. The minimum absolute atomic E-state index is 0.278. The molecule has 0 amide bonds. The molecule has 134 valence electrons. The average Bonchev–Trinajstić information content (AvgIpc) is 3.09. The number of para-hydroxylation sites is 1. The molecular formula is C20H21N3O2S. The third-order valence-corrected chi connectivity index (χ3v) is 4.83. The van der Waals surface area contributed by atoms with Crippen molar-refractivity contribution >= 4 is 28.8 Å². The van der Waals surface area contributed by atoms with Crippen LogP contribution in [0.25, 0.3) is 5.70 Å². The van der Waals surface area contributed by atoms with Gasteiger partial charge in [-0.1, -0.05) is 48.5 Å². The lowest BCUT2D eigenvalue weighted by atomic mass is 9.91. The maximum Gasteiger partial charge on any atom is 0.283 e. The van der Waals surface area contributed by atoms with Gasteiger partial charge in [-0.05, 0) is 48.8 Å². The van der Waals surface area contributed by atoms with Crippen LogP contribution in [0.1, 0.15) is 18.4 Å². The topological polar surface area (TPSA) is 45.8 Å². The van der Waals surface area contributed by atoms with E-state index in [4.69, 9.17) is 21.9 Å². The first-order valence-electron chi connectivity index (χ1n) is 8.74. The Morgan fingerprint density at radius 2 is 1.69 bits per heavy atom. The first-order valence-corrected chi connectivity index (χ1v) is 9.15. The number of benzene rings is 2. The molecule has 1 saturated heterocycles. The van der Waals surface area contributed by atoms with Gasteiger partial charge in [0, 0.05) is 18.8 Å². The average molecular weight is 367 g/mol. The molecule has 26 heavy (non-hydrogen) atoms. The molecule has 2 heterocycles. The Morgan fingerprint density at radius 3 is 2.38 bits per heavy atom. The van der Waals surface area contributed by atoms with Crippen LogP contribution >= 0.6 is 12.2 Å². The zero-order chi connectivity index (χ0) is 17.8. The highest BCUT2D eigenvalue weighted by atomic mass is 32.1. The van der Waals surface area contributed by atoms with Crippen molar-refractivity contribution in [1.29, 1.82) is 0 Å². The number of hydrogen-bond acceptors (Lipinski definition) is 5. The van der Waals surface area contributed by atoms with E-state index in [1.54, 1.807) is 0 Å². The molecule has 2 aromatic carbocycles. The molecule has 0 saturated carbocycles. The number of anilines is 1. The van der Waals surface area contributed by atoms with E-state index in [0.29, 0.717) is 5.17 Å². The molecule has 0 radical (unpaired) electrons. The maximum absolute atomic E-state index is 5.92. The fourth-order valence-electron chi connectivity index (χ4n) is 3.22. The molecule has 1 fully saturated rings. The Kier molecular flexibility index (Phi) is 4.88.